The molecule has 0 radical (unpaired) electrons. The van der Waals surface area contributed by atoms with E-state index in [4.69, 9.17) is 9.47 Å². The van der Waals surface area contributed by atoms with Crippen LogP contribution in [0, 0.1) is 22.0 Å². The van der Waals surface area contributed by atoms with Crippen LogP contribution in [0.2, 0.25) is 0 Å². The molecule has 3 aromatic carbocycles. The van der Waals surface area contributed by atoms with E-state index in [0.717, 1.165) is 11.0 Å². The maximum Gasteiger partial charge on any atom is 0.271 e. The Kier molecular flexibility index (Phi) is 7.38. The maximum atomic E-state index is 14.2. The summed E-state index contributed by atoms with van der Waals surface area (Å²) in [5.74, 6) is -3.69. The number of hydrogen-bond acceptors (Lipinski definition) is 9. The second-order valence-electron chi connectivity index (χ2n) is 10.4. The molecule has 6 rings (SSSR count). The third kappa shape index (κ3) is 4.58. The zero-order chi connectivity index (χ0) is 31.3. The fourth-order valence-electron chi connectivity index (χ4n) is 6.15. The topological polar surface area (TPSA) is 136 Å². The van der Waals surface area contributed by atoms with Crippen molar-refractivity contribution in [3.05, 3.63) is 116 Å². The highest BCUT2D eigenvalue weighted by Crippen LogP contribution is 2.49. The van der Waals surface area contributed by atoms with Gasteiger partial charge < -0.3 is 14.4 Å². The zero-order valence-corrected chi connectivity index (χ0v) is 25.0. The smallest absolute Gasteiger partial charge is 0.271 e. The fourth-order valence-corrected chi connectivity index (χ4v) is 6.69. The number of halogens is 1. The van der Waals surface area contributed by atoms with Gasteiger partial charge in [-0.3, -0.25) is 29.3 Å². The molecule has 44 heavy (non-hydrogen) atoms. The number of methoxy groups -OCH3 is 2. The van der Waals surface area contributed by atoms with Crippen molar-refractivity contribution >= 4 is 50.7 Å². The molecule has 2 fully saturated rings. The third-order valence-electron chi connectivity index (χ3n) is 8.17. The molecule has 2 amide bonds. The number of non-ortho nitro benzene ring substituents is 1. The minimum atomic E-state index is -1.16. The van der Waals surface area contributed by atoms with Crippen LogP contribution in [0.15, 0.2) is 95.1 Å². The number of ether oxygens (including phenoxy) is 2. The Morgan fingerprint density at radius 3 is 2.23 bits per heavy atom. The molecule has 0 unspecified atom stereocenters. The maximum absolute atomic E-state index is 14.2. The van der Waals surface area contributed by atoms with Crippen LogP contribution in [-0.2, 0) is 9.59 Å². The van der Waals surface area contributed by atoms with Crippen molar-refractivity contribution in [2.75, 3.05) is 19.1 Å². The largest absolute Gasteiger partial charge is 0.496 e. The van der Waals surface area contributed by atoms with Crippen LogP contribution in [0.1, 0.15) is 20.7 Å². The highest BCUT2D eigenvalue weighted by atomic mass is 79.9. The molecule has 0 bridgehead atoms. The Balaban J connectivity index is 1.47. The van der Waals surface area contributed by atoms with Gasteiger partial charge in [0.25, 0.3) is 5.69 Å². The molecule has 11 nitrogen and oxygen atoms in total. The number of hydrogen-bond donors (Lipinski definition) is 0. The summed E-state index contributed by atoms with van der Waals surface area (Å²) in [6.45, 7) is 0. The summed E-state index contributed by atoms with van der Waals surface area (Å²) in [7, 11) is 2.81. The fraction of sp³-hybridized carbons (Fsp3) is 0.188. The first kappa shape index (κ1) is 29.0. The number of allylic oxidation sites excluding steroid dienone is 2. The van der Waals surface area contributed by atoms with Crippen molar-refractivity contribution in [1.29, 1.82) is 0 Å². The van der Waals surface area contributed by atoms with Crippen LogP contribution in [0.5, 0.6) is 11.5 Å². The summed E-state index contributed by atoms with van der Waals surface area (Å²) in [6.07, 6.45) is 4.77. The number of benzene rings is 3. The molecule has 4 atom stereocenters. The second kappa shape index (κ2) is 11.2. The van der Waals surface area contributed by atoms with E-state index in [2.05, 4.69) is 15.9 Å². The Morgan fingerprint density at radius 1 is 0.886 bits per heavy atom. The van der Waals surface area contributed by atoms with Gasteiger partial charge in [0.2, 0.25) is 11.8 Å². The van der Waals surface area contributed by atoms with E-state index in [9.17, 15) is 29.3 Å². The number of rotatable bonds is 8. The van der Waals surface area contributed by atoms with Gasteiger partial charge in [-0.1, -0.05) is 36.4 Å². The predicted octanol–water partition coefficient (Wildman–Crippen LogP) is 4.75. The monoisotopic (exact) mass is 657 g/mol. The molecule has 3 aliphatic heterocycles. The van der Waals surface area contributed by atoms with Gasteiger partial charge in [-0.25, -0.2) is 4.90 Å². The summed E-state index contributed by atoms with van der Waals surface area (Å²) < 4.78 is 11.2. The third-order valence-corrected chi connectivity index (χ3v) is 8.79. The summed E-state index contributed by atoms with van der Waals surface area (Å²) in [6, 6.07) is 15.1. The molecule has 0 spiro atoms. The van der Waals surface area contributed by atoms with Crippen molar-refractivity contribution in [1.82, 2.24) is 4.90 Å². The van der Waals surface area contributed by atoms with E-state index in [1.54, 1.807) is 71.8 Å². The number of fused-ring (bicyclic) bond motifs is 3. The van der Waals surface area contributed by atoms with Crippen LogP contribution >= 0.6 is 15.9 Å². The Hall–Kier alpha value is -5.10. The first-order valence-electron chi connectivity index (χ1n) is 13.5. The minimum absolute atomic E-state index is 0.0788. The Morgan fingerprint density at radius 2 is 1.57 bits per heavy atom. The number of imide groups is 1. The molecule has 2 saturated heterocycles. The average Bonchev–Trinajstić information content (AvgIpc) is 3.51. The van der Waals surface area contributed by atoms with Crippen molar-refractivity contribution in [2.24, 2.45) is 11.8 Å². The zero-order valence-electron chi connectivity index (χ0n) is 23.4. The summed E-state index contributed by atoms with van der Waals surface area (Å²) in [5, 5.41) is 11.6. The first-order chi connectivity index (χ1) is 21.2. The Bertz CT molecular complexity index is 1800. The highest BCUT2D eigenvalue weighted by Gasteiger charge is 2.64. The number of anilines is 1. The van der Waals surface area contributed by atoms with Crippen molar-refractivity contribution < 1.29 is 33.6 Å². The van der Waals surface area contributed by atoms with Gasteiger partial charge in [0.1, 0.15) is 23.2 Å². The number of nitro benzene ring substituents is 1. The minimum Gasteiger partial charge on any atom is -0.496 e. The number of ketones is 2. The number of amides is 2. The summed E-state index contributed by atoms with van der Waals surface area (Å²) in [5.41, 5.74) is 0.596. The predicted molar refractivity (Wildman–Crippen MR) is 162 cm³/mol. The van der Waals surface area contributed by atoms with Gasteiger partial charge >= 0.3 is 0 Å². The highest BCUT2D eigenvalue weighted by molar-refractivity contribution is 9.10. The number of nitrogens with zero attached hydrogens (tertiary/aromatic N) is 3. The SMILES string of the molecule is COc1ccc(C(=O)[C@@H]2[C@@H]3C(=O)N(c4cc([N+](=O)[O-])ccc4OC)C(=O)[C@H]3[C@@H]3C=C(C(=O)c4ccccc4)C=CN23)cc1Br. The summed E-state index contributed by atoms with van der Waals surface area (Å²) >= 11 is 3.40. The van der Waals surface area contributed by atoms with Crippen LogP contribution in [0.3, 0.4) is 0 Å². The van der Waals surface area contributed by atoms with Crippen LogP contribution in [-0.4, -0.2) is 59.5 Å². The number of nitro groups is 1. The van der Waals surface area contributed by atoms with Gasteiger partial charge in [-0.05, 0) is 46.3 Å². The molecule has 0 aliphatic carbocycles. The first-order valence-corrected chi connectivity index (χ1v) is 14.3. The van der Waals surface area contributed by atoms with Crippen molar-refractivity contribution in [3.63, 3.8) is 0 Å². The molecule has 3 heterocycles. The average molecular weight is 658 g/mol. The van der Waals surface area contributed by atoms with E-state index >= 15 is 0 Å². The standard InChI is InChI=1S/C32H24BrN3O8/c1-43-24-10-8-18(14-21(24)33)30(38)28-27-26(23-15-19(12-13-34(23)28)29(37)17-6-4-3-5-7-17)31(39)35(32(27)40)22-16-20(36(41)42)9-11-25(22)44-2/h3-16,23,26-28H,1-2H3/t23-,26-,27+,28-/m0/s1. The molecule has 3 aliphatic rings. The van der Waals surface area contributed by atoms with Crippen molar-refractivity contribution in [3.8, 4) is 11.5 Å². The second-order valence-corrected chi connectivity index (χ2v) is 11.3. The molecular weight excluding hydrogens is 634 g/mol. The lowest BCUT2D eigenvalue weighted by Gasteiger charge is -2.33. The normalized spacial score (nSPS) is 21.9. The lowest BCUT2D eigenvalue weighted by atomic mass is 9.85. The van der Waals surface area contributed by atoms with Crippen LogP contribution < -0.4 is 14.4 Å². The Labute approximate surface area is 259 Å². The van der Waals surface area contributed by atoms with E-state index in [1.807, 2.05) is 0 Å². The van der Waals surface area contributed by atoms with Crippen molar-refractivity contribution in [2.45, 2.75) is 12.1 Å². The molecule has 3 aromatic rings. The van der Waals surface area contributed by atoms with E-state index < -0.39 is 46.4 Å². The summed E-state index contributed by atoms with van der Waals surface area (Å²) in [4.78, 5) is 69.4. The molecule has 0 N–H and O–H groups in total. The molecule has 12 heteroatoms. The number of carbonyl (C=O) groups excluding carboxylic acids is 4. The molecular formula is C32H24BrN3O8. The van der Waals surface area contributed by atoms with Gasteiger partial charge in [-0.2, -0.15) is 0 Å². The van der Waals surface area contributed by atoms with Crippen LogP contribution in [0.25, 0.3) is 0 Å². The lowest BCUT2D eigenvalue weighted by molar-refractivity contribution is -0.384. The van der Waals surface area contributed by atoms with Gasteiger partial charge in [-0.15, -0.1) is 0 Å². The molecule has 0 aromatic heterocycles. The van der Waals surface area contributed by atoms with E-state index in [0.29, 0.717) is 21.4 Å². The van der Waals surface area contributed by atoms with Gasteiger partial charge in [0.05, 0.1) is 41.5 Å². The lowest BCUT2D eigenvalue weighted by Crippen LogP contribution is -2.46. The van der Waals surface area contributed by atoms with E-state index in [1.165, 1.54) is 26.4 Å². The number of carbonyl (C=O) groups is 4. The molecule has 222 valence electrons. The number of Topliss-reactive ketones (excluding diaryl/α,β-unsaturated/α-hetero) is 2. The van der Waals surface area contributed by atoms with Gasteiger partial charge in [0, 0.05) is 35.0 Å². The molecule has 0 saturated carbocycles. The quantitative estimate of drug-likeness (QED) is 0.145. The van der Waals surface area contributed by atoms with Crippen LogP contribution in [0.4, 0.5) is 11.4 Å². The van der Waals surface area contributed by atoms with E-state index in [-0.39, 0.29) is 28.5 Å². The van der Waals surface area contributed by atoms with Gasteiger partial charge in [0.15, 0.2) is 11.6 Å².